The fraction of sp³-hybridized carbons (Fsp3) is 0.250. The van der Waals surface area contributed by atoms with Gasteiger partial charge in [0, 0.05) is 18.4 Å². The van der Waals surface area contributed by atoms with Gasteiger partial charge in [-0.1, -0.05) is 63.2 Å². The maximum atomic E-state index is 13.1. The molecule has 0 aromatic heterocycles. The smallest absolute Gasteiger partial charge is 0.339 e. The van der Waals surface area contributed by atoms with E-state index in [0.29, 0.717) is 11.4 Å². The Kier molecular flexibility index (Phi) is 7.51. The third kappa shape index (κ3) is 5.90. The summed E-state index contributed by atoms with van der Waals surface area (Å²) in [5.41, 5.74) is 2.76. The summed E-state index contributed by atoms with van der Waals surface area (Å²) in [6, 6.07) is 23.1. The Balaban J connectivity index is 1.69. The highest BCUT2D eigenvalue weighted by Crippen LogP contribution is 2.24. The van der Waals surface area contributed by atoms with E-state index in [1.165, 1.54) is 17.9 Å². The van der Waals surface area contributed by atoms with Crippen LogP contribution in [0.5, 0.6) is 0 Å². The number of carbonyl (C=O) groups excluding carboxylic acids is 3. The first-order valence-electron chi connectivity index (χ1n) is 11.1. The lowest BCUT2D eigenvalue weighted by atomic mass is 9.87. The molecule has 0 saturated heterocycles. The summed E-state index contributed by atoms with van der Waals surface area (Å²) >= 11 is 0. The van der Waals surface area contributed by atoms with Gasteiger partial charge in [-0.15, -0.1) is 0 Å². The summed E-state index contributed by atoms with van der Waals surface area (Å²) in [6.45, 7) is 7.84. The van der Waals surface area contributed by atoms with Gasteiger partial charge in [0.25, 0.3) is 11.8 Å². The molecule has 34 heavy (non-hydrogen) atoms. The average molecular weight is 459 g/mol. The first-order chi connectivity index (χ1) is 16.1. The summed E-state index contributed by atoms with van der Waals surface area (Å²) in [4.78, 5) is 40.0. The van der Waals surface area contributed by atoms with Crippen molar-refractivity contribution in [3.8, 4) is 0 Å². The number of carbonyl (C=O) groups is 3. The largest absolute Gasteiger partial charge is 0.449 e. The summed E-state index contributed by atoms with van der Waals surface area (Å²) < 4.78 is 5.40. The maximum Gasteiger partial charge on any atom is 0.339 e. The molecule has 6 heteroatoms. The van der Waals surface area contributed by atoms with Gasteiger partial charge in [0.05, 0.1) is 11.1 Å². The number of amides is 2. The highest BCUT2D eigenvalue weighted by Gasteiger charge is 2.25. The van der Waals surface area contributed by atoms with Crippen molar-refractivity contribution in [2.24, 2.45) is 0 Å². The Morgan fingerprint density at radius 3 is 1.97 bits per heavy atom. The predicted octanol–water partition coefficient (Wildman–Crippen LogP) is 5.44. The van der Waals surface area contributed by atoms with E-state index in [1.54, 1.807) is 37.4 Å². The summed E-state index contributed by atoms with van der Waals surface area (Å²) in [7, 11) is 1.64. The number of anilines is 2. The van der Waals surface area contributed by atoms with Crippen LogP contribution < -0.4 is 10.2 Å². The number of hydrogen-bond acceptors (Lipinski definition) is 4. The molecule has 0 spiro atoms. The predicted molar refractivity (Wildman–Crippen MR) is 134 cm³/mol. The topological polar surface area (TPSA) is 75.7 Å². The minimum absolute atomic E-state index is 0.00473. The third-order valence-electron chi connectivity index (χ3n) is 5.50. The van der Waals surface area contributed by atoms with E-state index in [1.807, 2.05) is 42.5 Å². The zero-order valence-corrected chi connectivity index (χ0v) is 20.2. The molecule has 1 atom stereocenters. The van der Waals surface area contributed by atoms with Crippen LogP contribution in [0.4, 0.5) is 11.4 Å². The molecule has 0 fully saturated rings. The Morgan fingerprint density at radius 2 is 1.38 bits per heavy atom. The van der Waals surface area contributed by atoms with E-state index in [9.17, 15) is 14.4 Å². The molecule has 176 valence electrons. The number of ether oxygens (including phenoxy) is 1. The number of para-hydroxylation sites is 1. The van der Waals surface area contributed by atoms with Crippen LogP contribution in [-0.2, 0) is 14.9 Å². The van der Waals surface area contributed by atoms with Crippen molar-refractivity contribution in [1.29, 1.82) is 0 Å². The van der Waals surface area contributed by atoms with Crippen molar-refractivity contribution in [1.82, 2.24) is 0 Å². The Morgan fingerprint density at radius 1 is 0.824 bits per heavy atom. The Labute approximate surface area is 200 Å². The van der Waals surface area contributed by atoms with Gasteiger partial charge in [-0.25, -0.2) is 4.79 Å². The molecule has 2 amide bonds. The molecular weight excluding hydrogens is 428 g/mol. The van der Waals surface area contributed by atoms with E-state index < -0.39 is 18.0 Å². The number of benzene rings is 3. The van der Waals surface area contributed by atoms with Crippen molar-refractivity contribution in [2.45, 2.75) is 39.2 Å². The van der Waals surface area contributed by atoms with Crippen LogP contribution in [-0.4, -0.2) is 30.9 Å². The maximum absolute atomic E-state index is 13.1. The number of rotatable bonds is 6. The lowest BCUT2D eigenvalue weighted by Gasteiger charge is -2.20. The van der Waals surface area contributed by atoms with E-state index in [2.05, 4.69) is 26.1 Å². The second-order valence-corrected chi connectivity index (χ2v) is 9.11. The van der Waals surface area contributed by atoms with Crippen LogP contribution in [0, 0.1) is 0 Å². The molecule has 3 rings (SSSR count). The molecule has 1 N–H and O–H groups in total. The average Bonchev–Trinajstić information content (AvgIpc) is 2.83. The van der Waals surface area contributed by atoms with Crippen LogP contribution in [0.15, 0.2) is 78.9 Å². The van der Waals surface area contributed by atoms with E-state index in [-0.39, 0.29) is 22.4 Å². The van der Waals surface area contributed by atoms with E-state index in [0.717, 1.165) is 5.56 Å². The molecule has 0 aliphatic carbocycles. The molecule has 0 aliphatic rings. The van der Waals surface area contributed by atoms with Gasteiger partial charge in [0.1, 0.15) is 0 Å². The molecule has 0 heterocycles. The quantitative estimate of drug-likeness (QED) is 0.499. The second kappa shape index (κ2) is 10.3. The fourth-order valence-electron chi connectivity index (χ4n) is 3.37. The zero-order chi connectivity index (χ0) is 24.9. The Hall–Kier alpha value is -3.93. The molecule has 1 unspecified atom stereocenters. The lowest BCUT2D eigenvalue weighted by Crippen LogP contribution is -2.32. The van der Waals surface area contributed by atoms with Gasteiger partial charge < -0.3 is 15.0 Å². The number of esters is 1. The lowest BCUT2D eigenvalue weighted by molar-refractivity contribution is -0.123. The molecule has 0 radical (unpaired) electrons. The minimum Gasteiger partial charge on any atom is -0.449 e. The van der Waals surface area contributed by atoms with Crippen molar-refractivity contribution >= 4 is 29.2 Å². The van der Waals surface area contributed by atoms with Crippen LogP contribution in [0.2, 0.25) is 0 Å². The van der Waals surface area contributed by atoms with Crippen molar-refractivity contribution in [3.63, 3.8) is 0 Å². The summed E-state index contributed by atoms with van der Waals surface area (Å²) in [6.07, 6.45) is -1.05. The number of nitrogens with one attached hydrogen (secondary N) is 1. The van der Waals surface area contributed by atoms with Crippen LogP contribution >= 0.6 is 0 Å². The van der Waals surface area contributed by atoms with Crippen LogP contribution in [0.25, 0.3) is 0 Å². The second-order valence-electron chi connectivity index (χ2n) is 9.11. The highest BCUT2D eigenvalue weighted by molar-refractivity contribution is 6.12. The molecule has 0 bridgehead atoms. The van der Waals surface area contributed by atoms with Gasteiger partial charge in [0.15, 0.2) is 6.10 Å². The van der Waals surface area contributed by atoms with Gasteiger partial charge in [-0.3, -0.25) is 9.59 Å². The van der Waals surface area contributed by atoms with E-state index in [4.69, 9.17) is 4.74 Å². The Bertz CT molecular complexity index is 1170. The molecule has 6 nitrogen and oxygen atoms in total. The zero-order valence-electron chi connectivity index (χ0n) is 20.2. The minimum atomic E-state index is -1.05. The van der Waals surface area contributed by atoms with Crippen LogP contribution in [0.1, 0.15) is 54.0 Å². The fourth-order valence-corrected chi connectivity index (χ4v) is 3.37. The molecule has 3 aromatic rings. The monoisotopic (exact) mass is 458 g/mol. The number of hydrogen-bond donors (Lipinski definition) is 1. The van der Waals surface area contributed by atoms with Gasteiger partial charge in [-0.2, -0.15) is 0 Å². The summed E-state index contributed by atoms with van der Waals surface area (Å²) in [5.74, 6) is -1.55. The van der Waals surface area contributed by atoms with Gasteiger partial charge >= 0.3 is 5.97 Å². The SMILES string of the molecule is CC(OC(=O)c1ccccc1C(=O)N(C)c1ccccc1)C(=O)Nc1ccc(C(C)(C)C)cc1. The molecular formula is C28H30N2O4. The third-order valence-corrected chi connectivity index (χ3v) is 5.50. The highest BCUT2D eigenvalue weighted by atomic mass is 16.5. The first kappa shape index (κ1) is 24.7. The summed E-state index contributed by atoms with van der Waals surface area (Å²) in [5, 5.41) is 2.76. The molecule has 3 aromatic carbocycles. The standard InChI is InChI=1S/C28H30N2O4/c1-19(25(31)29-21-17-15-20(16-18-21)28(2,3)4)34-27(33)24-14-10-9-13-23(24)26(32)30(5)22-11-7-6-8-12-22/h6-19H,1-5H3,(H,29,31). The van der Waals surface area contributed by atoms with Gasteiger partial charge in [-0.05, 0) is 54.3 Å². The number of nitrogens with zero attached hydrogens (tertiary/aromatic N) is 1. The van der Waals surface area contributed by atoms with Crippen molar-refractivity contribution < 1.29 is 19.1 Å². The van der Waals surface area contributed by atoms with Crippen molar-refractivity contribution in [2.75, 3.05) is 17.3 Å². The van der Waals surface area contributed by atoms with Gasteiger partial charge in [0.2, 0.25) is 0 Å². The van der Waals surface area contributed by atoms with Crippen LogP contribution in [0.3, 0.4) is 0 Å². The van der Waals surface area contributed by atoms with E-state index >= 15 is 0 Å². The normalized spacial score (nSPS) is 11.9. The van der Waals surface area contributed by atoms with Crippen molar-refractivity contribution in [3.05, 3.63) is 95.6 Å². The first-order valence-corrected chi connectivity index (χ1v) is 11.1. The molecule has 0 saturated carbocycles. The molecule has 0 aliphatic heterocycles.